The number of benzene rings is 2. The van der Waals surface area contributed by atoms with Crippen molar-refractivity contribution in [2.75, 3.05) is 0 Å². The number of halogens is 1. The van der Waals surface area contributed by atoms with Crippen molar-refractivity contribution in [3.63, 3.8) is 0 Å². The average molecular weight is 395 g/mol. The van der Waals surface area contributed by atoms with E-state index in [-0.39, 0.29) is 29.7 Å². The van der Waals surface area contributed by atoms with Gasteiger partial charge in [0.1, 0.15) is 5.82 Å². The highest BCUT2D eigenvalue weighted by molar-refractivity contribution is 5.80. The van der Waals surface area contributed by atoms with Gasteiger partial charge in [0.05, 0.1) is 5.69 Å². The van der Waals surface area contributed by atoms with Crippen LogP contribution in [0.3, 0.4) is 0 Å². The molecule has 2 aromatic carbocycles. The summed E-state index contributed by atoms with van der Waals surface area (Å²) in [5.74, 6) is -0.519. The van der Waals surface area contributed by atoms with Crippen LogP contribution in [0.5, 0.6) is 5.88 Å². The second-order valence-corrected chi connectivity index (χ2v) is 6.79. The molecule has 1 atom stereocenters. The van der Waals surface area contributed by atoms with Gasteiger partial charge in [0.2, 0.25) is 5.88 Å². The van der Waals surface area contributed by atoms with E-state index in [1.54, 1.807) is 25.1 Å². The Morgan fingerprint density at radius 1 is 1.10 bits per heavy atom. The molecule has 1 amide bonds. The molecule has 0 aliphatic rings. The summed E-state index contributed by atoms with van der Waals surface area (Å²) < 4.78 is 19.8. The number of nitrogens with zero attached hydrogens (tertiary/aromatic N) is 2. The van der Waals surface area contributed by atoms with Crippen molar-refractivity contribution in [3.8, 4) is 11.6 Å². The molecule has 3 aromatic rings. The molecular formula is C22H22FN3O3. The van der Waals surface area contributed by atoms with E-state index in [4.69, 9.17) is 4.74 Å². The zero-order valence-electron chi connectivity index (χ0n) is 16.5. The van der Waals surface area contributed by atoms with Gasteiger partial charge in [-0.3, -0.25) is 9.59 Å². The number of aryl methyl sites for hydroxylation is 2. The molecule has 0 fully saturated rings. The molecule has 1 N–H and O–H groups in total. The predicted octanol–water partition coefficient (Wildman–Crippen LogP) is 3.07. The van der Waals surface area contributed by atoms with Gasteiger partial charge in [-0.2, -0.15) is 4.68 Å². The number of hydrogen-bond donors (Lipinski definition) is 1. The first-order chi connectivity index (χ1) is 13.8. The summed E-state index contributed by atoms with van der Waals surface area (Å²) in [5, 5.41) is 6.95. The first-order valence-corrected chi connectivity index (χ1v) is 9.20. The molecule has 0 saturated carbocycles. The number of aromatic nitrogens is 2. The summed E-state index contributed by atoms with van der Waals surface area (Å²) >= 11 is 0. The van der Waals surface area contributed by atoms with Crippen LogP contribution in [-0.4, -0.2) is 21.8 Å². The molecule has 0 aliphatic carbocycles. The Bertz CT molecular complexity index is 1080. The molecular weight excluding hydrogens is 373 g/mol. The van der Waals surface area contributed by atoms with Crippen molar-refractivity contribution < 1.29 is 13.9 Å². The summed E-state index contributed by atoms with van der Waals surface area (Å²) in [5.41, 5.74) is 3.25. The molecule has 0 radical (unpaired) electrons. The van der Waals surface area contributed by atoms with Crippen LogP contribution in [-0.2, 0) is 11.3 Å². The monoisotopic (exact) mass is 395 g/mol. The molecule has 6 nitrogen and oxygen atoms in total. The molecule has 150 valence electrons. The summed E-state index contributed by atoms with van der Waals surface area (Å²) in [6.45, 7) is 5.79. The predicted molar refractivity (Wildman–Crippen MR) is 108 cm³/mol. The van der Waals surface area contributed by atoms with Gasteiger partial charge in [-0.05, 0) is 61.7 Å². The van der Waals surface area contributed by atoms with E-state index in [0.717, 1.165) is 16.7 Å². The van der Waals surface area contributed by atoms with E-state index in [0.29, 0.717) is 5.69 Å². The van der Waals surface area contributed by atoms with Gasteiger partial charge in [0.15, 0.2) is 6.10 Å². The lowest BCUT2D eigenvalue weighted by atomic mass is 10.1. The second kappa shape index (κ2) is 8.68. The van der Waals surface area contributed by atoms with Gasteiger partial charge in [-0.25, -0.2) is 4.39 Å². The minimum Gasteiger partial charge on any atom is -0.464 e. The normalized spacial score (nSPS) is 11.7. The summed E-state index contributed by atoms with van der Waals surface area (Å²) in [6.07, 6.45) is -0.825. The van der Waals surface area contributed by atoms with Crippen molar-refractivity contribution in [1.82, 2.24) is 15.1 Å². The van der Waals surface area contributed by atoms with Gasteiger partial charge in [-0.15, -0.1) is 5.10 Å². The summed E-state index contributed by atoms with van der Waals surface area (Å²) in [7, 11) is 0. The Morgan fingerprint density at radius 3 is 2.52 bits per heavy atom. The lowest BCUT2D eigenvalue weighted by Crippen LogP contribution is -2.36. The minimum atomic E-state index is -0.825. The van der Waals surface area contributed by atoms with Crippen LogP contribution in [0.1, 0.15) is 23.6 Å². The van der Waals surface area contributed by atoms with Gasteiger partial charge in [-0.1, -0.05) is 18.2 Å². The van der Waals surface area contributed by atoms with Crippen LogP contribution in [0.25, 0.3) is 5.69 Å². The Labute approximate surface area is 168 Å². The van der Waals surface area contributed by atoms with E-state index < -0.39 is 6.10 Å². The Balaban J connectivity index is 1.69. The minimum absolute atomic E-state index is 0.160. The largest absolute Gasteiger partial charge is 0.464 e. The Kier molecular flexibility index (Phi) is 6.07. The van der Waals surface area contributed by atoms with Crippen molar-refractivity contribution in [2.45, 2.75) is 33.4 Å². The highest BCUT2D eigenvalue weighted by Crippen LogP contribution is 2.14. The molecule has 0 spiro atoms. The lowest BCUT2D eigenvalue weighted by Gasteiger charge is -2.15. The van der Waals surface area contributed by atoms with E-state index in [1.165, 1.54) is 28.9 Å². The highest BCUT2D eigenvalue weighted by atomic mass is 19.1. The quantitative estimate of drug-likeness (QED) is 0.696. The van der Waals surface area contributed by atoms with E-state index in [1.807, 2.05) is 26.0 Å². The third-order valence-electron chi connectivity index (χ3n) is 4.56. The molecule has 0 aliphatic heterocycles. The number of amides is 1. The third-order valence-corrected chi connectivity index (χ3v) is 4.56. The van der Waals surface area contributed by atoms with Crippen molar-refractivity contribution in [3.05, 3.63) is 87.5 Å². The molecule has 7 heteroatoms. The highest BCUT2D eigenvalue weighted by Gasteiger charge is 2.16. The van der Waals surface area contributed by atoms with Crippen LogP contribution in [0.2, 0.25) is 0 Å². The summed E-state index contributed by atoms with van der Waals surface area (Å²) in [4.78, 5) is 24.5. The second-order valence-electron chi connectivity index (χ2n) is 6.79. The van der Waals surface area contributed by atoms with E-state index in [9.17, 15) is 14.0 Å². The number of hydrogen-bond acceptors (Lipinski definition) is 4. The number of nitrogens with one attached hydrogen (secondary N) is 1. The first kappa shape index (κ1) is 20.3. The molecule has 1 aromatic heterocycles. The van der Waals surface area contributed by atoms with Crippen molar-refractivity contribution in [2.24, 2.45) is 0 Å². The van der Waals surface area contributed by atoms with E-state index in [2.05, 4.69) is 10.4 Å². The third kappa shape index (κ3) is 5.07. The first-order valence-electron chi connectivity index (χ1n) is 9.20. The molecule has 0 bridgehead atoms. The van der Waals surface area contributed by atoms with Crippen LogP contribution in [0, 0.1) is 19.7 Å². The van der Waals surface area contributed by atoms with Crippen LogP contribution >= 0.6 is 0 Å². The maximum absolute atomic E-state index is 12.9. The van der Waals surface area contributed by atoms with Gasteiger partial charge in [0.25, 0.3) is 11.5 Å². The zero-order chi connectivity index (χ0) is 21.0. The fourth-order valence-electron chi connectivity index (χ4n) is 2.67. The number of carbonyl (C=O) groups excluding carboxylic acids is 1. The molecule has 1 heterocycles. The maximum Gasteiger partial charge on any atom is 0.271 e. The van der Waals surface area contributed by atoms with Crippen molar-refractivity contribution >= 4 is 5.91 Å². The van der Waals surface area contributed by atoms with Crippen LogP contribution in [0.4, 0.5) is 4.39 Å². The topological polar surface area (TPSA) is 73.2 Å². The number of rotatable bonds is 6. The fraction of sp³-hybridized carbons (Fsp3) is 0.227. The fourth-order valence-corrected chi connectivity index (χ4v) is 2.67. The van der Waals surface area contributed by atoms with Crippen LogP contribution < -0.4 is 15.6 Å². The lowest BCUT2D eigenvalue weighted by molar-refractivity contribution is -0.127. The van der Waals surface area contributed by atoms with Crippen LogP contribution in [0.15, 0.2) is 59.4 Å². The molecule has 3 rings (SSSR count). The standard InChI is InChI=1S/C22H22FN3O3/c1-14-4-9-19(12-15(14)2)26-21(27)11-10-20(25-26)29-16(3)22(28)24-13-17-5-7-18(23)8-6-17/h4-12,16H,13H2,1-3H3,(H,24,28)/t16-/m1/s1. The SMILES string of the molecule is Cc1ccc(-n2nc(O[C@H](C)C(=O)NCc3ccc(F)cc3)ccc2=O)cc1C. The number of ether oxygens (including phenoxy) is 1. The smallest absolute Gasteiger partial charge is 0.271 e. The zero-order valence-corrected chi connectivity index (χ0v) is 16.5. The molecule has 0 unspecified atom stereocenters. The molecule has 0 saturated heterocycles. The van der Waals surface area contributed by atoms with Gasteiger partial charge in [0, 0.05) is 18.7 Å². The maximum atomic E-state index is 12.9. The van der Waals surface area contributed by atoms with Gasteiger partial charge < -0.3 is 10.1 Å². The average Bonchev–Trinajstić information content (AvgIpc) is 2.71. The van der Waals surface area contributed by atoms with Crippen molar-refractivity contribution in [1.29, 1.82) is 0 Å². The Morgan fingerprint density at radius 2 is 1.83 bits per heavy atom. The summed E-state index contributed by atoms with van der Waals surface area (Å²) in [6, 6.07) is 14.2. The molecule has 29 heavy (non-hydrogen) atoms. The van der Waals surface area contributed by atoms with E-state index >= 15 is 0 Å². The van der Waals surface area contributed by atoms with Gasteiger partial charge >= 0.3 is 0 Å². The number of carbonyl (C=O) groups is 1. The Hall–Kier alpha value is -3.48.